The van der Waals surface area contributed by atoms with Crippen LogP contribution in [0.25, 0.3) is 0 Å². The summed E-state index contributed by atoms with van der Waals surface area (Å²) < 4.78 is 5.77. The molecule has 2 heterocycles. The van der Waals surface area contributed by atoms with E-state index in [1.165, 1.54) is 19.4 Å². The summed E-state index contributed by atoms with van der Waals surface area (Å²) in [7, 11) is 2.20. The number of likely N-dealkylation sites (tertiary alicyclic amines) is 1. The summed E-state index contributed by atoms with van der Waals surface area (Å²) in [5, 5.41) is 3.27. The van der Waals surface area contributed by atoms with Crippen molar-refractivity contribution in [1.82, 2.24) is 15.2 Å². The Hall–Kier alpha value is -1.13. The molecule has 0 spiro atoms. The number of hydrogen-bond donors (Lipinski definition) is 1. The number of aromatic nitrogens is 1. The number of nitrogens with zero attached hydrogens (tertiary/aromatic N) is 2. The maximum Gasteiger partial charge on any atom is 0.213 e. The maximum atomic E-state index is 5.77. The topological polar surface area (TPSA) is 37.4 Å². The summed E-state index contributed by atoms with van der Waals surface area (Å²) >= 11 is 0. The molecule has 106 valence electrons. The van der Waals surface area contributed by atoms with E-state index in [0.29, 0.717) is 6.04 Å². The van der Waals surface area contributed by atoms with Crippen molar-refractivity contribution in [2.75, 3.05) is 26.7 Å². The average Bonchev–Trinajstić information content (AvgIpc) is 2.83. The Bertz CT molecular complexity index is 383. The van der Waals surface area contributed by atoms with E-state index in [2.05, 4.69) is 29.2 Å². The van der Waals surface area contributed by atoms with Crippen LogP contribution in [0.3, 0.4) is 0 Å². The molecule has 0 saturated carbocycles. The van der Waals surface area contributed by atoms with Gasteiger partial charge in [0, 0.05) is 18.7 Å². The first-order valence-corrected chi connectivity index (χ1v) is 7.29. The second-order valence-electron chi connectivity index (χ2n) is 5.16. The predicted molar refractivity (Wildman–Crippen MR) is 77.4 cm³/mol. The SMILES string of the molecule is CCNCc1cccc(OCCC2CCCN2C)n1. The number of hydrogen-bond acceptors (Lipinski definition) is 4. The van der Waals surface area contributed by atoms with Gasteiger partial charge in [-0.2, -0.15) is 0 Å². The van der Waals surface area contributed by atoms with Crippen LogP contribution in [0.15, 0.2) is 18.2 Å². The summed E-state index contributed by atoms with van der Waals surface area (Å²) in [5.41, 5.74) is 1.04. The minimum atomic E-state index is 0.685. The molecule has 0 aromatic carbocycles. The van der Waals surface area contributed by atoms with Crippen LogP contribution in [0.2, 0.25) is 0 Å². The van der Waals surface area contributed by atoms with Gasteiger partial charge in [-0.25, -0.2) is 4.98 Å². The zero-order chi connectivity index (χ0) is 13.5. The number of rotatable bonds is 7. The highest BCUT2D eigenvalue weighted by Crippen LogP contribution is 2.18. The molecule has 19 heavy (non-hydrogen) atoms. The van der Waals surface area contributed by atoms with Gasteiger partial charge in [0.05, 0.1) is 12.3 Å². The van der Waals surface area contributed by atoms with Crippen LogP contribution in [0.5, 0.6) is 5.88 Å². The number of nitrogens with one attached hydrogen (secondary N) is 1. The molecule has 1 atom stereocenters. The van der Waals surface area contributed by atoms with Crippen LogP contribution < -0.4 is 10.1 Å². The molecule has 1 aliphatic heterocycles. The lowest BCUT2D eigenvalue weighted by atomic mass is 10.1. The van der Waals surface area contributed by atoms with Gasteiger partial charge in [0.25, 0.3) is 0 Å². The lowest BCUT2D eigenvalue weighted by molar-refractivity contribution is 0.228. The number of pyridine rings is 1. The van der Waals surface area contributed by atoms with Gasteiger partial charge in [-0.1, -0.05) is 13.0 Å². The molecule has 1 fully saturated rings. The normalized spacial score (nSPS) is 19.8. The van der Waals surface area contributed by atoms with Crippen molar-refractivity contribution in [2.24, 2.45) is 0 Å². The highest BCUT2D eigenvalue weighted by atomic mass is 16.5. The Morgan fingerprint density at radius 2 is 2.37 bits per heavy atom. The monoisotopic (exact) mass is 263 g/mol. The van der Waals surface area contributed by atoms with Crippen LogP contribution in [0.4, 0.5) is 0 Å². The van der Waals surface area contributed by atoms with Gasteiger partial charge in [0.15, 0.2) is 0 Å². The Morgan fingerprint density at radius 1 is 1.47 bits per heavy atom. The molecule has 1 N–H and O–H groups in total. The third-order valence-corrected chi connectivity index (χ3v) is 3.71. The molecular weight excluding hydrogens is 238 g/mol. The van der Waals surface area contributed by atoms with E-state index in [0.717, 1.165) is 37.7 Å². The van der Waals surface area contributed by atoms with Gasteiger partial charge < -0.3 is 15.0 Å². The molecule has 1 aromatic heterocycles. The minimum absolute atomic E-state index is 0.685. The first-order chi connectivity index (χ1) is 9.29. The van der Waals surface area contributed by atoms with E-state index < -0.39 is 0 Å². The van der Waals surface area contributed by atoms with Crippen LogP contribution in [-0.2, 0) is 6.54 Å². The molecule has 0 radical (unpaired) electrons. The molecule has 1 aliphatic rings. The van der Waals surface area contributed by atoms with Crippen molar-refractivity contribution in [3.05, 3.63) is 23.9 Å². The Kier molecular flexibility index (Phi) is 5.61. The first kappa shape index (κ1) is 14.3. The number of ether oxygens (including phenoxy) is 1. The molecular formula is C15H25N3O. The summed E-state index contributed by atoms with van der Waals surface area (Å²) in [5.74, 6) is 0.746. The van der Waals surface area contributed by atoms with Gasteiger partial charge in [0.1, 0.15) is 0 Å². The van der Waals surface area contributed by atoms with E-state index >= 15 is 0 Å². The van der Waals surface area contributed by atoms with Gasteiger partial charge in [0.2, 0.25) is 5.88 Å². The summed E-state index contributed by atoms with van der Waals surface area (Å²) in [6.07, 6.45) is 3.71. The fourth-order valence-electron chi connectivity index (χ4n) is 2.53. The fraction of sp³-hybridized carbons (Fsp3) is 0.667. The molecule has 0 bridgehead atoms. The lowest BCUT2D eigenvalue weighted by Gasteiger charge is -2.19. The average molecular weight is 263 g/mol. The smallest absolute Gasteiger partial charge is 0.213 e. The van der Waals surface area contributed by atoms with Crippen molar-refractivity contribution in [3.63, 3.8) is 0 Å². The van der Waals surface area contributed by atoms with E-state index in [-0.39, 0.29) is 0 Å². The van der Waals surface area contributed by atoms with Crippen molar-refractivity contribution in [2.45, 2.75) is 38.8 Å². The third kappa shape index (κ3) is 4.48. The molecule has 4 nitrogen and oxygen atoms in total. The van der Waals surface area contributed by atoms with Crippen molar-refractivity contribution in [3.8, 4) is 5.88 Å². The largest absolute Gasteiger partial charge is 0.478 e. The van der Waals surface area contributed by atoms with Crippen LogP contribution in [-0.4, -0.2) is 42.7 Å². The molecule has 1 saturated heterocycles. The molecule has 2 rings (SSSR count). The molecule has 0 aliphatic carbocycles. The van der Waals surface area contributed by atoms with Crippen LogP contribution in [0.1, 0.15) is 31.9 Å². The third-order valence-electron chi connectivity index (χ3n) is 3.71. The van der Waals surface area contributed by atoms with Crippen LogP contribution in [0, 0.1) is 0 Å². The van der Waals surface area contributed by atoms with Gasteiger partial charge in [-0.3, -0.25) is 0 Å². The van der Waals surface area contributed by atoms with Crippen molar-refractivity contribution < 1.29 is 4.74 Å². The second kappa shape index (κ2) is 7.46. The molecule has 0 amide bonds. The summed E-state index contributed by atoms with van der Waals surface area (Å²) in [4.78, 5) is 6.92. The first-order valence-electron chi connectivity index (χ1n) is 7.29. The zero-order valence-electron chi connectivity index (χ0n) is 12.1. The van der Waals surface area contributed by atoms with Crippen LogP contribution >= 0.6 is 0 Å². The predicted octanol–water partition coefficient (Wildman–Crippen LogP) is 2.05. The quantitative estimate of drug-likeness (QED) is 0.817. The highest BCUT2D eigenvalue weighted by Gasteiger charge is 2.20. The summed E-state index contributed by atoms with van der Waals surface area (Å²) in [6.45, 7) is 5.84. The van der Waals surface area contributed by atoms with Gasteiger partial charge >= 0.3 is 0 Å². The standard InChI is InChI=1S/C15H25N3O/c1-3-16-12-13-6-4-8-15(17-13)19-11-9-14-7-5-10-18(14)2/h4,6,8,14,16H,3,5,7,9-12H2,1-2H3. The van der Waals surface area contributed by atoms with E-state index in [1.54, 1.807) is 0 Å². The minimum Gasteiger partial charge on any atom is -0.478 e. The second-order valence-corrected chi connectivity index (χ2v) is 5.16. The molecule has 1 unspecified atom stereocenters. The van der Waals surface area contributed by atoms with E-state index in [1.807, 2.05) is 18.2 Å². The molecule has 4 heteroatoms. The van der Waals surface area contributed by atoms with Crippen molar-refractivity contribution in [1.29, 1.82) is 0 Å². The maximum absolute atomic E-state index is 5.77. The summed E-state index contributed by atoms with van der Waals surface area (Å²) in [6, 6.07) is 6.66. The fourth-order valence-corrected chi connectivity index (χ4v) is 2.53. The lowest BCUT2D eigenvalue weighted by Crippen LogP contribution is -2.26. The van der Waals surface area contributed by atoms with Gasteiger partial charge in [-0.15, -0.1) is 0 Å². The Balaban J connectivity index is 1.75. The van der Waals surface area contributed by atoms with Crippen molar-refractivity contribution >= 4 is 0 Å². The van der Waals surface area contributed by atoms with Gasteiger partial charge in [-0.05, 0) is 45.5 Å². The Labute approximate surface area is 116 Å². The Morgan fingerprint density at radius 3 is 3.11 bits per heavy atom. The zero-order valence-corrected chi connectivity index (χ0v) is 12.1. The van der Waals surface area contributed by atoms with E-state index in [4.69, 9.17) is 4.74 Å². The highest BCUT2D eigenvalue weighted by molar-refractivity contribution is 5.15. The molecule has 1 aromatic rings. The van der Waals surface area contributed by atoms with E-state index in [9.17, 15) is 0 Å².